The Labute approximate surface area is 214 Å². The molecule has 0 bridgehead atoms. The number of anilines is 1. The number of hydrogen-bond donors (Lipinski definition) is 0. The number of carbonyl (C=O) groups excluding carboxylic acids is 2. The average Bonchev–Trinajstić information content (AvgIpc) is 3.11. The Morgan fingerprint density at radius 3 is 2.43 bits per heavy atom. The van der Waals surface area contributed by atoms with Crippen LogP contribution in [0.2, 0.25) is 10.0 Å². The van der Waals surface area contributed by atoms with Gasteiger partial charge in [-0.15, -0.1) is 0 Å². The van der Waals surface area contributed by atoms with Crippen molar-refractivity contribution >= 4 is 63.6 Å². The van der Waals surface area contributed by atoms with Crippen LogP contribution in [0.25, 0.3) is 6.08 Å². The highest BCUT2D eigenvalue weighted by Gasteiger charge is 2.37. The van der Waals surface area contributed by atoms with Crippen LogP contribution in [0.3, 0.4) is 0 Å². The molecule has 0 saturated carbocycles. The zero-order chi connectivity index (χ0) is 25.1. The van der Waals surface area contributed by atoms with Gasteiger partial charge < -0.3 is 9.47 Å². The summed E-state index contributed by atoms with van der Waals surface area (Å²) in [6.07, 6.45) is 1.54. The van der Waals surface area contributed by atoms with Crippen LogP contribution < -0.4 is 14.4 Å². The number of benzene rings is 3. The number of rotatable bonds is 7. The molecule has 0 atom stereocenters. The minimum Gasteiger partial charge on any atom is -0.493 e. The topological polar surface area (TPSA) is 99.0 Å². The number of nitro groups is 1. The van der Waals surface area contributed by atoms with Crippen molar-refractivity contribution in [2.45, 2.75) is 6.61 Å². The van der Waals surface area contributed by atoms with Gasteiger partial charge >= 0.3 is 0 Å². The lowest BCUT2D eigenvalue weighted by atomic mass is 10.1. The Morgan fingerprint density at radius 1 is 1.06 bits per heavy atom. The van der Waals surface area contributed by atoms with Crippen molar-refractivity contribution in [3.8, 4) is 11.5 Å². The van der Waals surface area contributed by atoms with E-state index in [4.69, 9.17) is 32.7 Å². The highest BCUT2D eigenvalue weighted by molar-refractivity contribution is 8.19. The molecule has 1 aliphatic heterocycles. The SMILES string of the molecule is COc1cc(/C=C2\SC(=O)N(c3ccccc3Cl)C2=O)cc(Cl)c1OCc1ccc([N+](=O)[O-])cc1. The van der Waals surface area contributed by atoms with Gasteiger partial charge in [-0.2, -0.15) is 0 Å². The van der Waals surface area contributed by atoms with E-state index < -0.39 is 16.1 Å². The lowest BCUT2D eigenvalue weighted by molar-refractivity contribution is -0.384. The molecule has 8 nitrogen and oxygen atoms in total. The fourth-order valence-electron chi connectivity index (χ4n) is 3.29. The number of amides is 2. The Balaban J connectivity index is 1.56. The van der Waals surface area contributed by atoms with Gasteiger partial charge in [0.25, 0.3) is 16.8 Å². The second kappa shape index (κ2) is 10.4. The summed E-state index contributed by atoms with van der Waals surface area (Å²) in [5.74, 6) is 0.0894. The fraction of sp³-hybridized carbons (Fsp3) is 0.0833. The summed E-state index contributed by atoms with van der Waals surface area (Å²) in [4.78, 5) is 37.0. The average molecular weight is 531 g/mol. The molecule has 0 aliphatic carbocycles. The van der Waals surface area contributed by atoms with E-state index in [1.54, 1.807) is 48.5 Å². The van der Waals surface area contributed by atoms with E-state index in [0.717, 1.165) is 16.7 Å². The molecule has 0 N–H and O–H groups in total. The quantitative estimate of drug-likeness (QED) is 0.189. The summed E-state index contributed by atoms with van der Waals surface area (Å²) >= 11 is 13.4. The van der Waals surface area contributed by atoms with Gasteiger partial charge in [-0.05, 0) is 65.4 Å². The molecular weight excluding hydrogens is 515 g/mol. The van der Waals surface area contributed by atoms with Gasteiger partial charge in [-0.3, -0.25) is 19.7 Å². The predicted octanol–water partition coefficient (Wildman–Crippen LogP) is 6.73. The molecule has 1 saturated heterocycles. The second-order valence-corrected chi connectivity index (χ2v) is 9.02. The highest BCUT2D eigenvalue weighted by atomic mass is 35.5. The molecule has 4 rings (SSSR count). The number of imide groups is 1. The minimum atomic E-state index is -0.498. The molecule has 3 aromatic rings. The van der Waals surface area contributed by atoms with Crippen LogP contribution in [-0.4, -0.2) is 23.2 Å². The van der Waals surface area contributed by atoms with Crippen LogP contribution in [0.15, 0.2) is 65.6 Å². The molecule has 2 amide bonds. The maximum Gasteiger partial charge on any atom is 0.298 e. The number of nitrogens with zero attached hydrogens (tertiary/aromatic N) is 2. The van der Waals surface area contributed by atoms with Crippen molar-refractivity contribution in [2.75, 3.05) is 12.0 Å². The first kappa shape index (κ1) is 24.6. The highest BCUT2D eigenvalue weighted by Crippen LogP contribution is 2.41. The standard InChI is InChI=1S/C24H16Cl2N2O6S/c1-33-20-11-15(10-18(26)22(20)34-13-14-6-8-16(9-7-14)28(31)32)12-21-23(29)27(24(30)35-21)19-5-3-2-4-17(19)25/h2-12H,13H2,1H3/b21-12-. The number of thioether (sulfide) groups is 1. The molecule has 1 heterocycles. The summed E-state index contributed by atoms with van der Waals surface area (Å²) in [7, 11) is 1.44. The maximum atomic E-state index is 12.9. The van der Waals surface area contributed by atoms with E-state index in [2.05, 4.69) is 0 Å². The second-order valence-electron chi connectivity index (χ2n) is 7.21. The summed E-state index contributed by atoms with van der Waals surface area (Å²) in [6, 6.07) is 15.7. The van der Waals surface area contributed by atoms with Crippen LogP contribution in [0.4, 0.5) is 16.2 Å². The molecular formula is C24H16Cl2N2O6S. The zero-order valence-corrected chi connectivity index (χ0v) is 20.4. The summed E-state index contributed by atoms with van der Waals surface area (Å²) < 4.78 is 11.2. The third-order valence-corrected chi connectivity index (χ3v) is 6.44. The van der Waals surface area contributed by atoms with Crippen molar-refractivity contribution in [3.05, 3.63) is 96.9 Å². The first-order valence-corrected chi connectivity index (χ1v) is 11.6. The monoisotopic (exact) mass is 530 g/mol. The van der Waals surface area contributed by atoms with E-state index in [-0.39, 0.29) is 33.0 Å². The number of carbonyl (C=O) groups is 2. The molecule has 178 valence electrons. The number of nitro benzene ring substituents is 1. The van der Waals surface area contributed by atoms with Crippen molar-refractivity contribution in [2.24, 2.45) is 0 Å². The molecule has 35 heavy (non-hydrogen) atoms. The normalized spacial score (nSPS) is 14.5. The smallest absolute Gasteiger partial charge is 0.298 e. The Morgan fingerprint density at radius 2 is 1.77 bits per heavy atom. The van der Waals surface area contributed by atoms with E-state index in [9.17, 15) is 19.7 Å². The molecule has 0 aromatic heterocycles. The lowest BCUT2D eigenvalue weighted by Crippen LogP contribution is -2.27. The van der Waals surface area contributed by atoms with E-state index in [1.165, 1.54) is 25.3 Å². The van der Waals surface area contributed by atoms with Gasteiger partial charge in [0, 0.05) is 12.1 Å². The van der Waals surface area contributed by atoms with Crippen LogP contribution in [0.5, 0.6) is 11.5 Å². The summed E-state index contributed by atoms with van der Waals surface area (Å²) in [6.45, 7) is 0.101. The third kappa shape index (κ3) is 5.27. The number of ether oxygens (including phenoxy) is 2. The first-order chi connectivity index (χ1) is 16.8. The molecule has 0 spiro atoms. The van der Waals surface area contributed by atoms with Gasteiger partial charge in [0.1, 0.15) is 6.61 Å². The number of hydrogen-bond acceptors (Lipinski definition) is 7. The van der Waals surface area contributed by atoms with E-state index in [0.29, 0.717) is 22.6 Å². The molecule has 0 unspecified atom stereocenters. The molecule has 3 aromatic carbocycles. The van der Waals surface area contributed by atoms with Crippen molar-refractivity contribution in [1.29, 1.82) is 0 Å². The van der Waals surface area contributed by atoms with Crippen molar-refractivity contribution < 1.29 is 24.0 Å². The third-order valence-electron chi connectivity index (χ3n) is 4.97. The van der Waals surface area contributed by atoms with E-state index >= 15 is 0 Å². The van der Waals surface area contributed by atoms with Crippen molar-refractivity contribution in [1.82, 2.24) is 0 Å². The lowest BCUT2D eigenvalue weighted by Gasteiger charge is -2.14. The molecule has 11 heteroatoms. The van der Waals surface area contributed by atoms with Crippen LogP contribution in [-0.2, 0) is 11.4 Å². The summed E-state index contributed by atoms with van der Waals surface area (Å²) in [5, 5.41) is 10.9. The van der Waals surface area contributed by atoms with Gasteiger partial charge in [0.2, 0.25) is 0 Å². The summed E-state index contributed by atoms with van der Waals surface area (Å²) in [5.41, 5.74) is 1.52. The number of non-ortho nitro benzene ring substituents is 1. The van der Waals surface area contributed by atoms with Crippen LogP contribution in [0.1, 0.15) is 11.1 Å². The Bertz CT molecular complexity index is 1360. The molecule has 1 aliphatic rings. The first-order valence-electron chi connectivity index (χ1n) is 10.0. The predicted molar refractivity (Wildman–Crippen MR) is 135 cm³/mol. The maximum absolute atomic E-state index is 12.9. The van der Waals surface area contributed by atoms with Crippen LogP contribution >= 0.6 is 35.0 Å². The molecule has 1 fully saturated rings. The van der Waals surface area contributed by atoms with Gasteiger partial charge in [0.15, 0.2) is 11.5 Å². The van der Waals surface area contributed by atoms with Gasteiger partial charge in [-0.25, -0.2) is 4.90 Å². The Hall–Kier alpha value is -3.53. The van der Waals surface area contributed by atoms with Gasteiger partial charge in [0.05, 0.1) is 32.7 Å². The Kier molecular flexibility index (Phi) is 7.30. The minimum absolute atomic E-state index is 0.0207. The number of halogens is 2. The molecule has 0 radical (unpaired) electrons. The van der Waals surface area contributed by atoms with E-state index in [1.807, 2.05) is 0 Å². The number of para-hydroxylation sites is 1. The zero-order valence-electron chi connectivity index (χ0n) is 18.1. The fourth-order valence-corrected chi connectivity index (χ4v) is 4.62. The van der Waals surface area contributed by atoms with Crippen molar-refractivity contribution in [3.63, 3.8) is 0 Å². The van der Waals surface area contributed by atoms with Gasteiger partial charge in [-0.1, -0.05) is 35.3 Å². The van der Waals surface area contributed by atoms with Crippen LogP contribution in [0, 0.1) is 10.1 Å². The largest absolute Gasteiger partial charge is 0.493 e. The number of methoxy groups -OCH3 is 1.